The maximum absolute atomic E-state index is 12.3. The summed E-state index contributed by atoms with van der Waals surface area (Å²) in [5.74, 6) is 0.0994. The van der Waals surface area contributed by atoms with Gasteiger partial charge in [0.05, 0.1) is 11.3 Å². The molecule has 0 radical (unpaired) electrons. The number of carbonyl (C=O) groups is 2. The molecule has 5 nitrogen and oxygen atoms in total. The number of amides is 2. The van der Waals surface area contributed by atoms with Crippen LogP contribution in [0.4, 0.5) is 5.69 Å². The lowest BCUT2D eigenvalue weighted by Gasteiger charge is -2.14. The first-order valence-corrected chi connectivity index (χ1v) is 7.97. The highest BCUT2D eigenvalue weighted by atomic mass is 16.5. The number of nitrogens with one attached hydrogen (secondary N) is 2. The Morgan fingerprint density at radius 3 is 2.42 bits per heavy atom. The second-order valence-electron chi connectivity index (χ2n) is 5.48. The summed E-state index contributed by atoms with van der Waals surface area (Å²) < 4.78 is 5.41. The third kappa shape index (κ3) is 5.12. The zero-order valence-electron chi connectivity index (χ0n) is 13.9. The van der Waals surface area contributed by atoms with E-state index in [2.05, 4.69) is 10.6 Å². The molecule has 0 saturated carbocycles. The number of hydrogen-bond acceptors (Lipinski definition) is 3. The average Bonchev–Trinajstić information content (AvgIpc) is 2.61. The number of carbonyl (C=O) groups excluding carboxylic acids is 2. The zero-order chi connectivity index (χ0) is 17.4. The fourth-order valence-corrected chi connectivity index (χ4v) is 2.05. The van der Waals surface area contributed by atoms with Crippen LogP contribution in [0.25, 0.3) is 0 Å². The van der Waals surface area contributed by atoms with Crippen LogP contribution in [0.15, 0.2) is 54.6 Å². The lowest BCUT2D eigenvalue weighted by Crippen LogP contribution is -2.33. The maximum atomic E-state index is 12.3. The molecule has 0 saturated heterocycles. The summed E-state index contributed by atoms with van der Waals surface area (Å²) in [5.41, 5.74) is 0.908. The van der Waals surface area contributed by atoms with E-state index in [9.17, 15) is 9.59 Å². The number of para-hydroxylation sites is 2. The second-order valence-corrected chi connectivity index (χ2v) is 5.48. The van der Waals surface area contributed by atoms with Crippen molar-refractivity contribution in [3.63, 3.8) is 0 Å². The first kappa shape index (κ1) is 17.5. The van der Waals surface area contributed by atoms with Gasteiger partial charge in [-0.2, -0.15) is 0 Å². The van der Waals surface area contributed by atoms with Gasteiger partial charge in [-0.05, 0) is 37.6 Å². The fourth-order valence-electron chi connectivity index (χ4n) is 2.05. The Balaban J connectivity index is 1.99. The predicted octanol–water partition coefficient (Wildman–Crippen LogP) is 3.23. The molecule has 0 heterocycles. The molecule has 5 heteroatoms. The molecule has 24 heavy (non-hydrogen) atoms. The van der Waals surface area contributed by atoms with Gasteiger partial charge in [-0.25, -0.2) is 0 Å². The van der Waals surface area contributed by atoms with Crippen molar-refractivity contribution in [2.24, 2.45) is 0 Å². The minimum atomic E-state index is -0.317. The summed E-state index contributed by atoms with van der Waals surface area (Å²) in [4.78, 5) is 24.4. The lowest BCUT2D eigenvalue weighted by molar-refractivity contribution is -0.118. The van der Waals surface area contributed by atoms with Crippen LogP contribution in [0, 0.1) is 0 Å². The molecular weight excluding hydrogens is 304 g/mol. The zero-order valence-corrected chi connectivity index (χ0v) is 13.9. The first-order valence-electron chi connectivity index (χ1n) is 7.97. The van der Waals surface area contributed by atoms with E-state index in [4.69, 9.17) is 4.74 Å². The molecule has 0 unspecified atom stereocenters. The Morgan fingerprint density at radius 1 is 1.04 bits per heavy atom. The van der Waals surface area contributed by atoms with Gasteiger partial charge in [0.25, 0.3) is 11.8 Å². The van der Waals surface area contributed by atoms with Crippen LogP contribution in [0.1, 0.15) is 30.6 Å². The van der Waals surface area contributed by atoms with Crippen LogP contribution in [-0.2, 0) is 4.79 Å². The molecule has 2 rings (SSSR count). The normalized spacial score (nSPS) is 11.4. The summed E-state index contributed by atoms with van der Waals surface area (Å²) in [6, 6.07) is 16.1. The molecule has 0 bridgehead atoms. The lowest BCUT2D eigenvalue weighted by atomic mass is 10.1. The van der Waals surface area contributed by atoms with E-state index in [1.165, 1.54) is 0 Å². The Bertz CT molecular complexity index is 686. The smallest absolute Gasteiger partial charge is 0.262 e. The van der Waals surface area contributed by atoms with E-state index in [0.717, 1.165) is 6.42 Å². The summed E-state index contributed by atoms with van der Waals surface area (Å²) >= 11 is 0. The van der Waals surface area contributed by atoms with Gasteiger partial charge in [-0.3, -0.25) is 9.59 Å². The highest BCUT2D eigenvalue weighted by Crippen LogP contribution is 2.15. The van der Waals surface area contributed by atoms with Crippen LogP contribution >= 0.6 is 0 Å². The third-order valence-electron chi connectivity index (χ3n) is 3.55. The van der Waals surface area contributed by atoms with Gasteiger partial charge in [-0.1, -0.05) is 37.3 Å². The molecular formula is C19H22N2O3. The number of anilines is 1. The molecule has 1 atom stereocenters. The Morgan fingerprint density at radius 2 is 1.71 bits per heavy atom. The molecule has 0 aliphatic heterocycles. The number of ether oxygens (including phenoxy) is 1. The van der Waals surface area contributed by atoms with Gasteiger partial charge >= 0.3 is 0 Å². The van der Waals surface area contributed by atoms with Gasteiger partial charge < -0.3 is 15.4 Å². The molecule has 0 aromatic heterocycles. The SMILES string of the molecule is CC[C@H](C)NC(=O)c1ccccc1NC(=O)COc1ccccc1. The molecule has 2 aromatic carbocycles. The van der Waals surface area contributed by atoms with Crippen LogP contribution in [0.5, 0.6) is 5.75 Å². The summed E-state index contributed by atoms with van der Waals surface area (Å²) in [6.07, 6.45) is 0.838. The van der Waals surface area contributed by atoms with Crippen molar-refractivity contribution >= 4 is 17.5 Å². The molecule has 0 aliphatic carbocycles. The summed E-state index contributed by atoms with van der Waals surface area (Å²) in [5, 5.41) is 5.62. The van der Waals surface area contributed by atoms with E-state index in [1.807, 2.05) is 32.0 Å². The second kappa shape index (κ2) is 8.72. The van der Waals surface area contributed by atoms with Gasteiger partial charge in [0.15, 0.2) is 6.61 Å². The monoisotopic (exact) mass is 326 g/mol. The Hall–Kier alpha value is -2.82. The van der Waals surface area contributed by atoms with Gasteiger partial charge in [0.2, 0.25) is 0 Å². The fraction of sp³-hybridized carbons (Fsp3) is 0.263. The van der Waals surface area contributed by atoms with E-state index < -0.39 is 0 Å². The van der Waals surface area contributed by atoms with Crippen LogP contribution in [0.3, 0.4) is 0 Å². The van der Waals surface area contributed by atoms with Gasteiger partial charge in [-0.15, -0.1) is 0 Å². The third-order valence-corrected chi connectivity index (χ3v) is 3.55. The molecule has 0 aliphatic rings. The van der Waals surface area contributed by atoms with Crippen molar-refractivity contribution in [1.82, 2.24) is 5.32 Å². The highest BCUT2D eigenvalue weighted by Gasteiger charge is 2.14. The van der Waals surface area contributed by atoms with Crippen molar-refractivity contribution in [2.45, 2.75) is 26.3 Å². The number of benzene rings is 2. The predicted molar refractivity (Wildman–Crippen MR) is 94.2 cm³/mol. The van der Waals surface area contributed by atoms with Crippen LogP contribution in [-0.4, -0.2) is 24.5 Å². The van der Waals surface area contributed by atoms with Gasteiger partial charge in [0, 0.05) is 6.04 Å². The topological polar surface area (TPSA) is 67.4 Å². The quantitative estimate of drug-likeness (QED) is 0.821. The molecule has 0 fully saturated rings. The minimum Gasteiger partial charge on any atom is -0.484 e. The van der Waals surface area contributed by atoms with E-state index in [-0.39, 0.29) is 24.5 Å². The van der Waals surface area contributed by atoms with Crippen molar-refractivity contribution in [1.29, 1.82) is 0 Å². The van der Waals surface area contributed by atoms with Crippen molar-refractivity contribution in [3.8, 4) is 5.75 Å². The molecule has 126 valence electrons. The standard InChI is InChI=1S/C19H22N2O3/c1-3-14(2)20-19(23)16-11-7-8-12-17(16)21-18(22)13-24-15-9-5-4-6-10-15/h4-12,14H,3,13H2,1-2H3,(H,20,23)(H,21,22)/t14-/m0/s1. The van der Waals surface area contributed by atoms with Crippen molar-refractivity contribution in [3.05, 3.63) is 60.2 Å². The van der Waals surface area contributed by atoms with Crippen LogP contribution < -0.4 is 15.4 Å². The number of hydrogen-bond donors (Lipinski definition) is 2. The average molecular weight is 326 g/mol. The van der Waals surface area contributed by atoms with Crippen molar-refractivity contribution in [2.75, 3.05) is 11.9 Å². The van der Waals surface area contributed by atoms with E-state index in [0.29, 0.717) is 17.0 Å². The molecule has 2 amide bonds. The van der Waals surface area contributed by atoms with Crippen LogP contribution in [0.2, 0.25) is 0 Å². The van der Waals surface area contributed by atoms with E-state index in [1.54, 1.807) is 36.4 Å². The first-order chi connectivity index (χ1) is 11.6. The van der Waals surface area contributed by atoms with Gasteiger partial charge in [0.1, 0.15) is 5.75 Å². The molecule has 0 spiro atoms. The minimum absolute atomic E-state index is 0.0719. The highest BCUT2D eigenvalue weighted by molar-refractivity contribution is 6.04. The molecule has 2 aromatic rings. The maximum Gasteiger partial charge on any atom is 0.262 e. The van der Waals surface area contributed by atoms with E-state index >= 15 is 0 Å². The number of rotatable bonds is 7. The van der Waals surface area contributed by atoms with Crippen molar-refractivity contribution < 1.29 is 14.3 Å². The Labute approximate surface area is 142 Å². The summed E-state index contributed by atoms with van der Waals surface area (Å²) in [6.45, 7) is 3.82. The Kier molecular flexibility index (Phi) is 6.37. The summed E-state index contributed by atoms with van der Waals surface area (Å²) in [7, 11) is 0. The largest absolute Gasteiger partial charge is 0.484 e. The molecule has 2 N–H and O–H groups in total.